The summed E-state index contributed by atoms with van der Waals surface area (Å²) in [6, 6.07) is 4.83. The SMILES string of the molecule is CSc1ccc(S(=O)(=O)NC2CC2)cc1NC(C)=O. The van der Waals surface area contributed by atoms with Crippen LogP contribution in [-0.4, -0.2) is 26.6 Å². The van der Waals surface area contributed by atoms with Gasteiger partial charge in [-0.1, -0.05) is 0 Å². The van der Waals surface area contributed by atoms with Crippen LogP contribution in [0.1, 0.15) is 19.8 Å². The van der Waals surface area contributed by atoms with Crippen LogP contribution in [0.5, 0.6) is 0 Å². The number of nitrogens with one attached hydrogen (secondary N) is 2. The van der Waals surface area contributed by atoms with E-state index < -0.39 is 10.0 Å². The maximum absolute atomic E-state index is 12.1. The molecule has 1 aromatic carbocycles. The maximum atomic E-state index is 12.1. The Balaban J connectivity index is 2.33. The second kappa shape index (κ2) is 5.52. The summed E-state index contributed by atoms with van der Waals surface area (Å²) in [5, 5.41) is 2.65. The minimum atomic E-state index is -3.49. The second-order valence-electron chi connectivity index (χ2n) is 4.44. The Morgan fingerprint density at radius 1 is 1.37 bits per heavy atom. The lowest BCUT2D eigenvalue weighted by Gasteiger charge is -2.11. The van der Waals surface area contributed by atoms with Crippen LogP contribution in [0.4, 0.5) is 5.69 Å². The number of thioether (sulfide) groups is 1. The van der Waals surface area contributed by atoms with E-state index in [0.717, 1.165) is 17.7 Å². The molecule has 0 unspecified atom stereocenters. The second-order valence-corrected chi connectivity index (χ2v) is 7.00. The summed E-state index contributed by atoms with van der Waals surface area (Å²) in [7, 11) is -3.49. The molecule has 0 saturated heterocycles. The maximum Gasteiger partial charge on any atom is 0.240 e. The van der Waals surface area contributed by atoms with E-state index in [-0.39, 0.29) is 16.8 Å². The fourth-order valence-corrected chi connectivity index (χ4v) is 3.50. The van der Waals surface area contributed by atoms with Crippen molar-refractivity contribution in [1.29, 1.82) is 0 Å². The molecule has 0 atom stereocenters. The van der Waals surface area contributed by atoms with Crippen LogP contribution in [-0.2, 0) is 14.8 Å². The van der Waals surface area contributed by atoms with Crippen LogP contribution >= 0.6 is 11.8 Å². The van der Waals surface area contributed by atoms with Gasteiger partial charge in [0.2, 0.25) is 15.9 Å². The molecule has 0 heterocycles. The zero-order valence-corrected chi connectivity index (χ0v) is 12.4. The van der Waals surface area contributed by atoms with Gasteiger partial charge in [0.15, 0.2) is 0 Å². The summed E-state index contributed by atoms with van der Waals surface area (Å²) >= 11 is 1.45. The number of hydrogen-bond donors (Lipinski definition) is 2. The zero-order valence-electron chi connectivity index (χ0n) is 10.8. The van der Waals surface area contributed by atoms with Crippen molar-refractivity contribution >= 4 is 33.4 Å². The highest BCUT2D eigenvalue weighted by Crippen LogP contribution is 2.29. The normalized spacial score (nSPS) is 15.3. The first kappa shape index (κ1) is 14.4. The number of sulfonamides is 1. The van der Waals surface area contributed by atoms with E-state index in [1.165, 1.54) is 24.8 Å². The summed E-state index contributed by atoms with van der Waals surface area (Å²) in [6.45, 7) is 1.40. The summed E-state index contributed by atoms with van der Waals surface area (Å²) in [5.41, 5.74) is 0.527. The molecule has 0 aromatic heterocycles. The van der Waals surface area contributed by atoms with Crippen LogP contribution < -0.4 is 10.0 Å². The van der Waals surface area contributed by atoms with Gasteiger partial charge in [-0.15, -0.1) is 11.8 Å². The molecular weight excluding hydrogens is 284 g/mol. The van der Waals surface area contributed by atoms with Crippen molar-refractivity contribution in [3.63, 3.8) is 0 Å². The lowest BCUT2D eigenvalue weighted by molar-refractivity contribution is -0.114. The third-order valence-electron chi connectivity index (χ3n) is 2.69. The first-order chi connectivity index (χ1) is 8.92. The molecule has 104 valence electrons. The summed E-state index contributed by atoms with van der Waals surface area (Å²) in [6.07, 6.45) is 3.65. The third kappa shape index (κ3) is 3.71. The first-order valence-electron chi connectivity index (χ1n) is 5.90. The van der Waals surface area contributed by atoms with Crippen molar-refractivity contribution in [3.8, 4) is 0 Å². The molecule has 1 aliphatic carbocycles. The Morgan fingerprint density at radius 3 is 2.58 bits per heavy atom. The minimum Gasteiger partial charge on any atom is -0.325 e. The van der Waals surface area contributed by atoms with Gasteiger partial charge in [0.05, 0.1) is 10.6 Å². The molecule has 1 fully saturated rings. The van der Waals surface area contributed by atoms with Gasteiger partial charge < -0.3 is 5.32 Å². The van der Waals surface area contributed by atoms with Crippen molar-refractivity contribution in [2.45, 2.75) is 35.6 Å². The molecule has 5 nitrogen and oxygen atoms in total. The average molecular weight is 300 g/mol. The van der Waals surface area contributed by atoms with E-state index in [4.69, 9.17) is 0 Å². The van der Waals surface area contributed by atoms with E-state index >= 15 is 0 Å². The average Bonchev–Trinajstić information content (AvgIpc) is 3.11. The number of anilines is 1. The van der Waals surface area contributed by atoms with Gasteiger partial charge in [0.25, 0.3) is 0 Å². The van der Waals surface area contributed by atoms with Gasteiger partial charge in [-0.25, -0.2) is 13.1 Å². The first-order valence-corrected chi connectivity index (χ1v) is 8.61. The Morgan fingerprint density at radius 2 is 2.05 bits per heavy atom. The zero-order chi connectivity index (χ0) is 14.0. The Bertz CT molecular complexity index is 595. The molecule has 1 saturated carbocycles. The van der Waals surface area contributed by atoms with Crippen molar-refractivity contribution in [2.75, 3.05) is 11.6 Å². The van der Waals surface area contributed by atoms with Gasteiger partial charge in [-0.05, 0) is 37.3 Å². The smallest absolute Gasteiger partial charge is 0.240 e. The van der Waals surface area contributed by atoms with Crippen molar-refractivity contribution in [1.82, 2.24) is 4.72 Å². The van der Waals surface area contributed by atoms with Crippen molar-refractivity contribution in [2.24, 2.45) is 0 Å². The monoisotopic (exact) mass is 300 g/mol. The van der Waals surface area contributed by atoms with Gasteiger partial charge in [-0.3, -0.25) is 4.79 Å². The summed E-state index contributed by atoms with van der Waals surface area (Å²) in [5.74, 6) is -0.222. The quantitative estimate of drug-likeness (QED) is 0.813. The molecule has 1 aliphatic rings. The Labute approximate surface area is 117 Å². The lowest BCUT2D eigenvalue weighted by atomic mass is 10.3. The lowest BCUT2D eigenvalue weighted by Crippen LogP contribution is -2.25. The number of carbonyl (C=O) groups excluding carboxylic acids is 1. The molecule has 7 heteroatoms. The topological polar surface area (TPSA) is 75.3 Å². The highest BCUT2D eigenvalue weighted by Gasteiger charge is 2.28. The van der Waals surface area contributed by atoms with Gasteiger partial charge in [0.1, 0.15) is 0 Å². The standard InChI is InChI=1S/C12H16N2O3S2/c1-8(15)13-11-7-10(5-6-12(11)18-2)19(16,17)14-9-3-4-9/h5-7,9,14H,3-4H2,1-2H3,(H,13,15). The van der Waals surface area contributed by atoms with Crippen LogP contribution in [0.25, 0.3) is 0 Å². The molecule has 2 N–H and O–H groups in total. The molecule has 0 bridgehead atoms. The van der Waals surface area contributed by atoms with E-state index in [0.29, 0.717) is 5.69 Å². The summed E-state index contributed by atoms with van der Waals surface area (Å²) in [4.78, 5) is 12.2. The van der Waals surface area contributed by atoms with Crippen LogP contribution in [0.15, 0.2) is 28.0 Å². The van der Waals surface area contributed by atoms with E-state index in [1.54, 1.807) is 12.1 Å². The van der Waals surface area contributed by atoms with Crippen LogP contribution in [0.2, 0.25) is 0 Å². The number of benzene rings is 1. The fraction of sp³-hybridized carbons (Fsp3) is 0.417. The van der Waals surface area contributed by atoms with E-state index in [9.17, 15) is 13.2 Å². The number of hydrogen-bond acceptors (Lipinski definition) is 4. The minimum absolute atomic E-state index is 0.0643. The summed E-state index contributed by atoms with van der Waals surface area (Å²) < 4.78 is 26.8. The largest absolute Gasteiger partial charge is 0.325 e. The predicted molar refractivity (Wildman–Crippen MR) is 75.9 cm³/mol. The Kier molecular flexibility index (Phi) is 4.17. The molecule has 0 aliphatic heterocycles. The molecule has 19 heavy (non-hydrogen) atoms. The van der Waals surface area contributed by atoms with Crippen LogP contribution in [0.3, 0.4) is 0 Å². The van der Waals surface area contributed by atoms with Crippen LogP contribution in [0, 0.1) is 0 Å². The fourth-order valence-electron chi connectivity index (χ4n) is 1.63. The number of carbonyl (C=O) groups is 1. The molecule has 1 aromatic rings. The predicted octanol–water partition coefficient (Wildman–Crippen LogP) is 1.81. The number of rotatable bonds is 5. The molecule has 0 radical (unpaired) electrons. The highest BCUT2D eigenvalue weighted by atomic mass is 32.2. The van der Waals surface area contributed by atoms with Crippen molar-refractivity contribution < 1.29 is 13.2 Å². The van der Waals surface area contributed by atoms with E-state index in [1.807, 2.05) is 6.26 Å². The third-order valence-corrected chi connectivity index (χ3v) is 5.01. The van der Waals surface area contributed by atoms with Crippen molar-refractivity contribution in [3.05, 3.63) is 18.2 Å². The molecular formula is C12H16N2O3S2. The molecule has 1 amide bonds. The van der Waals surface area contributed by atoms with Gasteiger partial charge in [0, 0.05) is 17.9 Å². The van der Waals surface area contributed by atoms with Gasteiger partial charge >= 0.3 is 0 Å². The van der Waals surface area contributed by atoms with Gasteiger partial charge in [-0.2, -0.15) is 0 Å². The molecule has 0 spiro atoms. The Hall–Kier alpha value is -1.05. The highest BCUT2D eigenvalue weighted by molar-refractivity contribution is 7.98. The molecule has 2 rings (SSSR count). The number of amides is 1. The van der Waals surface area contributed by atoms with E-state index in [2.05, 4.69) is 10.0 Å².